The first kappa shape index (κ1) is 9.39. The lowest BCUT2D eigenvalue weighted by Crippen LogP contribution is -1.92. The Morgan fingerprint density at radius 1 is 1.33 bits per heavy atom. The number of hydrogen-bond donors (Lipinski definition) is 2. The number of rotatable bonds is 1. The number of aromatic nitrogens is 2. The second-order valence-electron chi connectivity index (χ2n) is 2.90. The molecule has 0 atom stereocenters. The average Bonchev–Trinajstić information content (AvgIpc) is 2.27. The number of benzene rings is 1. The predicted molar refractivity (Wildman–Crippen MR) is 52.7 cm³/mol. The number of nitrogens with zero attached hydrogens (tertiary/aromatic N) is 2. The second kappa shape index (κ2) is 3.53. The highest BCUT2D eigenvalue weighted by Crippen LogP contribution is 2.14. The Bertz CT molecular complexity index is 540. The van der Waals surface area contributed by atoms with Crippen molar-refractivity contribution in [2.45, 2.75) is 0 Å². The minimum atomic E-state index is -0.429. The molecule has 1 aromatic heterocycles. The van der Waals surface area contributed by atoms with E-state index in [9.17, 15) is 9.50 Å². The molecule has 5 heteroatoms. The van der Waals surface area contributed by atoms with Gasteiger partial charge in [0.2, 0.25) is 0 Å². The van der Waals surface area contributed by atoms with Gasteiger partial charge < -0.3 is 10.2 Å². The van der Waals surface area contributed by atoms with Crippen molar-refractivity contribution in [1.29, 1.82) is 0 Å². The van der Waals surface area contributed by atoms with E-state index in [1.807, 2.05) is 0 Å². The van der Waals surface area contributed by atoms with E-state index in [1.165, 1.54) is 24.4 Å². The molecule has 4 nitrogen and oxygen atoms in total. The topological polar surface area (TPSA) is 66.2 Å². The molecule has 15 heavy (non-hydrogen) atoms. The van der Waals surface area contributed by atoms with Crippen LogP contribution in [0.1, 0.15) is 5.69 Å². The molecule has 2 aromatic rings. The van der Waals surface area contributed by atoms with Crippen LogP contribution >= 0.6 is 0 Å². The van der Waals surface area contributed by atoms with Crippen molar-refractivity contribution in [3.05, 3.63) is 42.2 Å². The maximum atomic E-state index is 12.9. The molecule has 0 radical (unpaired) electrons. The quantitative estimate of drug-likeness (QED) is 0.702. The lowest BCUT2D eigenvalue weighted by Gasteiger charge is -2.00. The van der Waals surface area contributed by atoms with Crippen molar-refractivity contribution in [1.82, 2.24) is 9.97 Å². The molecule has 1 heterocycles. The van der Waals surface area contributed by atoms with Crippen molar-refractivity contribution in [3.8, 4) is 0 Å². The summed E-state index contributed by atoms with van der Waals surface area (Å²) in [5, 5.41) is 17.7. The second-order valence-corrected chi connectivity index (χ2v) is 2.90. The van der Waals surface area contributed by atoms with Crippen LogP contribution in [0.15, 0.2) is 30.7 Å². The Kier molecular flexibility index (Phi) is 2.21. The van der Waals surface area contributed by atoms with Crippen molar-refractivity contribution in [3.63, 3.8) is 0 Å². The van der Waals surface area contributed by atoms with E-state index in [2.05, 4.69) is 9.97 Å². The molecule has 1 aromatic carbocycles. The summed E-state index contributed by atoms with van der Waals surface area (Å²) < 4.78 is 12.9. The van der Waals surface area contributed by atoms with Crippen LogP contribution in [0.2, 0.25) is 0 Å². The first-order chi connectivity index (χ1) is 7.20. The molecular formula is C10H7FN2O2. The Balaban J connectivity index is 2.64. The number of aliphatic hydroxyl groups is 2. The minimum absolute atomic E-state index is 0.0931. The zero-order valence-corrected chi connectivity index (χ0v) is 7.55. The molecule has 0 fully saturated rings. The fraction of sp³-hybridized carbons (Fsp3) is 0. The number of aliphatic hydroxyl groups excluding tert-OH is 2. The van der Waals surface area contributed by atoms with Gasteiger partial charge in [-0.1, -0.05) is 0 Å². The molecule has 0 aliphatic heterocycles. The summed E-state index contributed by atoms with van der Waals surface area (Å²) in [7, 11) is 0. The maximum absolute atomic E-state index is 12.9. The third kappa shape index (κ3) is 1.71. The van der Waals surface area contributed by atoms with Gasteiger partial charge in [-0.2, -0.15) is 0 Å². The van der Waals surface area contributed by atoms with Gasteiger partial charge in [-0.25, -0.2) is 9.37 Å². The molecule has 76 valence electrons. The molecule has 0 aliphatic carbocycles. The lowest BCUT2D eigenvalue weighted by molar-refractivity contribution is 0.430. The van der Waals surface area contributed by atoms with Gasteiger partial charge in [-0.05, 0) is 12.1 Å². The van der Waals surface area contributed by atoms with Gasteiger partial charge in [-0.3, -0.25) is 4.98 Å². The van der Waals surface area contributed by atoms with E-state index >= 15 is 0 Å². The van der Waals surface area contributed by atoms with Crippen molar-refractivity contribution in [2.24, 2.45) is 0 Å². The van der Waals surface area contributed by atoms with Crippen molar-refractivity contribution in [2.75, 3.05) is 0 Å². The first-order valence-corrected chi connectivity index (χ1v) is 4.17. The SMILES string of the molecule is OC=C(O)c1cnc2ccc(F)cc2n1. The monoisotopic (exact) mass is 206 g/mol. The van der Waals surface area contributed by atoms with Gasteiger partial charge in [0.1, 0.15) is 17.8 Å². The number of fused-ring (bicyclic) bond motifs is 1. The normalized spacial score (nSPS) is 11.9. The fourth-order valence-corrected chi connectivity index (χ4v) is 1.17. The Hall–Kier alpha value is -2.17. The van der Waals surface area contributed by atoms with Crippen LogP contribution in [0.25, 0.3) is 16.8 Å². The van der Waals surface area contributed by atoms with E-state index in [0.29, 0.717) is 17.3 Å². The smallest absolute Gasteiger partial charge is 0.177 e. The molecule has 0 spiro atoms. The first-order valence-electron chi connectivity index (χ1n) is 4.17. The van der Waals surface area contributed by atoms with Crippen LogP contribution in [-0.4, -0.2) is 20.2 Å². The standard InChI is InChI=1S/C10H7FN2O2/c11-6-1-2-7-8(3-6)13-9(4-12-7)10(15)5-14/h1-5,14-15H. The average molecular weight is 206 g/mol. The summed E-state index contributed by atoms with van der Waals surface area (Å²) >= 11 is 0. The number of hydrogen-bond acceptors (Lipinski definition) is 4. The van der Waals surface area contributed by atoms with Gasteiger partial charge >= 0.3 is 0 Å². The molecule has 0 saturated carbocycles. The molecule has 0 unspecified atom stereocenters. The van der Waals surface area contributed by atoms with E-state index in [4.69, 9.17) is 5.11 Å². The van der Waals surface area contributed by atoms with Gasteiger partial charge in [0.15, 0.2) is 5.76 Å². The third-order valence-corrected chi connectivity index (χ3v) is 1.89. The Morgan fingerprint density at radius 3 is 2.87 bits per heavy atom. The predicted octanol–water partition coefficient (Wildman–Crippen LogP) is 2.18. The third-order valence-electron chi connectivity index (χ3n) is 1.89. The molecule has 0 saturated heterocycles. The molecular weight excluding hydrogens is 199 g/mol. The van der Waals surface area contributed by atoms with Crippen LogP contribution in [0.5, 0.6) is 0 Å². The zero-order valence-electron chi connectivity index (χ0n) is 7.55. The van der Waals surface area contributed by atoms with Gasteiger partial charge in [0, 0.05) is 6.07 Å². The van der Waals surface area contributed by atoms with Crippen LogP contribution < -0.4 is 0 Å². The summed E-state index contributed by atoms with van der Waals surface area (Å²) in [6.07, 6.45) is 1.80. The minimum Gasteiger partial charge on any atom is -0.512 e. The Morgan fingerprint density at radius 2 is 2.13 bits per heavy atom. The Labute approximate surface area is 84.3 Å². The van der Waals surface area contributed by atoms with E-state index in [1.54, 1.807) is 0 Å². The lowest BCUT2D eigenvalue weighted by atomic mass is 10.3. The molecule has 2 rings (SSSR count). The van der Waals surface area contributed by atoms with Gasteiger partial charge in [-0.15, -0.1) is 0 Å². The fourth-order valence-electron chi connectivity index (χ4n) is 1.17. The summed E-state index contributed by atoms with van der Waals surface area (Å²) in [4.78, 5) is 7.88. The molecule has 2 N–H and O–H groups in total. The van der Waals surface area contributed by atoms with Crippen molar-refractivity contribution >= 4 is 16.8 Å². The van der Waals surface area contributed by atoms with E-state index < -0.39 is 11.6 Å². The zero-order chi connectivity index (χ0) is 10.8. The van der Waals surface area contributed by atoms with Crippen LogP contribution in [0.3, 0.4) is 0 Å². The summed E-state index contributed by atoms with van der Waals surface area (Å²) in [5.74, 6) is -0.838. The summed E-state index contributed by atoms with van der Waals surface area (Å²) in [6.45, 7) is 0. The summed E-state index contributed by atoms with van der Waals surface area (Å²) in [5.41, 5.74) is 0.933. The van der Waals surface area contributed by atoms with E-state index in [0.717, 1.165) is 0 Å². The van der Waals surface area contributed by atoms with E-state index in [-0.39, 0.29) is 5.69 Å². The largest absolute Gasteiger partial charge is 0.512 e. The molecule has 0 bridgehead atoms. The number of halogens is 1. The van der Waals surface area contributed by atoms with Gasteiger partial charge in [0.05, 0.1) is 17.2 Å². The van der Waals surface area contributed by atoms with Crippen LogP contribution in [0.4, 0.5) is 4.39 Å². The highest BCUT2D eigenvalue weighted by atomic mass is 19.1. The summed E-state index contributed by atoms with van der Waals surface area (Å²) in [6, 6.07) is 3.97. The van der Waals surface area contributed by atoms with Crippen molar-refractivity contribution < 1.29 is 14.6 Å². The van der Waals surface area contributed by atoms with Gasteiger partial charge in [0.25, 0.3) is 0 Å². The van der Waals surface area contributed by atoms with Crippen LogP contribution in [0, 0.1) is 5.82 Å². The highest BCUT2D eigenvalue weighted by molar-refractivity contribution is 5.75. The highest BCUT2D eigenvalue weighted by Gasteiger charge is 2.04. The maximum Gasteiger partial charge on any atom is 0.177 e. The molecule has 0 aliphatic rings. The van der Waals surface area contributed by atoms with Crippen LogP contribution in [-0.2, 0) is 0 Å². The molecule has 0 amide bonds.